The van der Waals surface area contributed by atoms with E-state index in [-0.39, 0.29) is 11.4 Å². The standard InChI is InChI=1S/C16H17FN2S/c1-10-6-11(2)8-12(7-10)9-20-14-5-3-4-13(17)15(14)16(18)19/h3-8H,9H2,1-2H3,(H3,18,19). The molecule has 0 aromatic heterocycles. The van der Waals surface area contributed by atoms with Crippen LogP contribution in [0.25, 0.3) is 0 Å². The highest BCUT2D eigenvalue weighted by Gasteiger charge is 2.11. The van der Waals surface area contributed by atoms with Crippen LogP contribution in [-0.2, 0) is 5.75 Å². The highest BCUT2D eigenvalue weighted by Crippen LogP contribution is 2.28. The highest BCUT2D eigenvalue weighted by atomic mass is 32.2. The van der Waals surface area contributed by atoms with Crippen LogP contribution in [0.3, 0.4) is 0 Å². The SMILES string of the molecule is Cc1cc(C)cc(CSc2cccc(F)c2C(=N)N)c1. The number of amidine groups is 1. The van der Waals surface area contributed by atoms with Gasteiger partial charge < -0.3 is 5.73 Å². The monoisotopic (exact) mass is 288 g/mol. The van der Waals surface area contributed by atoms with Crippen molar-refractivity contribution in [1.29, 1.82) is 5.41 Å². The van der Waals surface area contributed by atoms with Gasteiger partial charge in [0.15, 0.2) is 0 Å². The molecule has 3 N–H and O–H groups in total. The Kier molecular flexibility index (Phi) is 4.45. The molecule has 2 rings (SSSR count). The number of nitrogens with one attached hydrogen (secondary N) is 1. The summed E-state index contributed by atoms with van der Waals surface area (Å²) in [6, 6.07) is 11.1. The van der Waals surface area contributed by atoms with Gasteiger partial charge in [0.1, 0.15) is 11.7 Å². The Hall–Kier alpha value is -1.81. The van der Waals surface area contributed by atoms with Gasteiger partial charge in [-0.3, -0.25) is 5.41 Å². The van der Waals surface area contributed by atoms with Crippen LogP contribution in [0.15, 0.2) is 41.3 Å². The van der Waals surface area contributed by atoms with Crippen LogP contribution in [0.2, 0.25) is 0 Å². The first-order valence-electron chi connectivity index (χ1n) is 6.30. The predicted octanol–water partition coefficient (Wildman–Crippen LogP) is 4.02. The Morgan fingerprint density at radius 1 is 1.20 bits per heavy atom. The van der Waals surface area contributed by atoms with Crippen LogP contribution in [-0.4, -0.2) is 5.84 Å². The van der Waals surface area contributed by atoms with Crippen molar-refractivity contribution < 1.29 is 4.39 Å². The molecule has 0 atom stereocenters. The van der Waals surface area contributed by atoms with Crippen LogP contribution in [0, 0.1) is 25.1 Å². The number of halogens is 1. The van der Waals surface area contributed by atoms with Crippen LogP contribution >= 0.6 is 11.8 Å². The number of benzene rings is 2. The van der Waals surface area contributed by atoms with Gasteiger partial charge in [0.2, 0.25) is 0 Å². The molecule has 4 heteroatoms. The zero-order valence-electron chi connectivity index (χ0n) is 11.5. The summed E-state index contributed by atoms with van der Waals surface area (Å²) in [5.74, 6) is 0.0562. The predicted molar refractivity (Wildman–Crippen MR) is 82.9 cm³/mol. The van der Waals surface area contributed by atoms with Gasteiger partial charge >= 0.3 is 0 Å². The van der Waals surface area contributed by atoms with Crippen molar-refractivity contribution in [3.05, 3.63) is 64.5 Å². The molecule has 0 aliphatic rings. The maximum atomic E-state index is 13.7. The van der Waals surface area contributed by atoms with Gasteiger partial charge in [0, 0.05) is 10.6 Å². The maximum Gasteiger partial charge on any atom is 0.135 e. The Morgan fingerprint density at radius 3 is 2.45 bits per heavy atom. The van der Waals surface area contributed by atoms with Gasteiger partial charge in [-0.15, -0.1) is 11.8 Å². The Balaban J connectivity index is 2.23. The fraction of sp³-hybridized carbons (Fsp3) is 0.188. The molecular weight excluding hydrogens is 271 g/mol. The minimum absolute atomic E-state index is 0.196. The third-order valence-electron chi connectivity index (χ3n) is 2.92. The van der Waals surface area contributed by atoms with E-state index in [4.69, 9.17) is 11.1 Å². The molecule has 2 aromatic rings. The summed E-state index contributed by atoms with van der Waals surface area (Å²) >= 11 is 1.50. The second kappa shape index (κ2) is 6.09. The Morgan fingerprint density at radius 2 is 1.85 bits per heavy atom. The second-order valence-corrected chi connectivity index (χ2v) is 5.83. The molecule has 0 saturated heterocycles. The van der Waals surface area contributed by atoms with Crippen LogP contribution in [0.5, 0.6) is 0 Å². The van der Waals surface area contributed by atoms with Gasteiger partial charge in [0.05, 0.1) is 5.56 Å². The molecule has 0 heterocycles. The fourth-order valence-corrected chi connectivity index (χ4v) is 3.21. The van der Waals surface area contributed by atoms with Gasteiger partial charge in [-0.2, -0.15) is 0 Å². The van der Waals surface area contributed by atoms with Gasteiger partial charge in [-0.05, 0) is 31.5 Å². The lowest BCUT2D eigenvalue weighted by atomic mass is 10.1. The number of aryl methyl sites for hydroxylation is 2. The normalized spacial score (nSPS) is 10.6. The van der Waals surface area contributed by atoms with Crippen molar-refractivity contribution in [3.63, 3.8) is 0 Å². The average Bonchev–Trinajstić information content (AvgIpc) is 2.34. The molecular formula is C16H17FN2S. The molecule has 20 heavy (non-hydrogen) atoms. The number of thioether (sulfide) groups is 1. The number of hydrogen-bond donors (Lipinski definition) is 2. The first kappa shape index (κ1) is 14.6. The van der Waals surface area contributed by atoms with E-state index < -0.39 is 5.82 Å². The highest BCUT2D eigenvalue weighted by molar-refractivity contribution is 7.98. The third-order valence-corrected chi connectivity index (χ3v) is 4.05. The van der Waals surface area contributed by atoms with Crippen molar-refractivity contribution in [2.24, 2.45) is 5.73 Å². The van der Waals surface area contributed by atoms with E-state index in [1.54, 1.807) is 12.1 Å². The third kappa shape index (κ3) is 3.39. The molecule has 0 unspecified atom stereocenters. The minimum Gasteiger partial charge on any atom is -0.384 e. The van der Waals surface area contributed by atoms with E-state index in [0.29, 0.717) is 4.90 Å². The van der Waals surface area contributed by atoms with E-state index in [0.717, 1.165) is 5.75 Å². The molecule has 0 radical (unpaired) electrons. The molecule has 2 aromatic carbocycles. The molecule has 2 nitrogen and oxygen atoms in total. The first-order valence-corrected chi connectivity index (χ1v) is 7.29. The van der Waals surface area contributed by atoms with Crippen LogP contribution in [0.1, 0.15) is 22.3 Å². The molecule has 0 fully saturated rings. The lowest BCUT2D eigenvalue weighted by Gasteiger charge is -2.10. The van der Waals surface area contributed by atoms with E-state index in [1.807, 2.05) is 0 Å². The molecule has 0 saturated carbocycles. The Labute approximate surface area is 122 Å². The average molecular weight is 288 g/mol. The minimum atomic E-state index is -0.442. The maximum absolute atomic E-state index is 13.7. The molecule has 0 aliphatic heterocycles. The summed E-state index contributed by atoms with van der Waals surface area (Å²) < 4.78 is 13.7. The van der Waals surface area contributed by atoms with Crippen molar-refractivity contribution >= 4 is 17.6 Å². The summed E-state index contributed by atoms with van der Waals surface area (Å²) in [5.41, 5.74) is 9.27. The summed E-state index contributed by atoms with van der Waals surface area (Å²) in [4.78, 5) is 0.705. The lowest BCUT2D eigenvalue weighted by molar-refractivity contribution is 0.621. The molecule has 0 amide bonds. The molecule has 104 valence electrons. The van der Waals surface area contributed by atoms with E-state index in [2.05, 4.69) is 32.0 Å². The smallest absolute Gasteiger partial charge is 0.135 e. The number of nitrogen functional groups attached to an aromatic ring is 1. The van der Waals surface area contributed by atoms with Crippen molar-refractivity contribution in [3.8, 4) is 0 Å². The van der Waals surface area contributed by atoms with Crippen molar-refractivity contribution in [2.45, 2.75) is 24.5 Å². The topological polar surface area (TPSA) is 49.9 Å². The molecule has 0 aliphatic carbocycles. The fourth-order valence-electron chi connectivity index (χ4n) is 2.20. The zero-order valence-corrected chi connectivity index (χ0v) is 12.4. The van der Waals surface area contributed by atoms with E-state index in [9.17, 15) is 4.39 Å². The largest absolute Gasteiger partial charge is 0.384 e. The van der Waals surface area contributed by atoms with Crippen LogP contribution < -0.4 is 5.73 Å². The quantitative estimate of drug-likeness (QED) is 0.507. The van der Waals surface area contributed by atoms with E-state index >= 15 is 0 Å². The van der Waals surface area contributed by atoms with Gasteiger partial charge in [-0.25, -0.2) is 4.39 Å². The van der Waals surface area contributed by atoms with Crippen molar-refractivity contribution in [2.75, 3.05) is 0 Å². The zero-order chi connectivity index (χ0) is 14.7. The molecule has 0 spiro atoms. The number of hydrogen-bond acceptors (Lipinski definition) is 2. The van der Waals surface area contributed by atoms with Crippen LogP contribution in [0.4, 0.5) is 4.39 Å². The molecule has 0 bridgehead atoms. The second-order valence-electron chi connectivity index (χ2n) is 4.81. The number of nitrogens with two attached hydrogens (primary N) is 1. The number of rotatable bonds is 4. The van der Waals surface area contributed by atoms with Crippen molar-refractivity contribution in [1.82, 2.24) is 0 Å². The van der Waals surface area contributed by atoms with Gasteiger partial charge in [0.25, 0.3) is 0 Å². The summed E-state index contributed by atoms with van der Waals surface area (Å²) in [6.07, 6.45) is 0. The Bertz CT molecular complexity index is 633. The van der Waals surface area contributed by atoms with Gasteiger partial charge in [-0.1, -0.05) is 35.4 Å². The summed E-state index contributed by atoms with van der Waals surface area (Å²) in [6.45, 7) is 4.12. The lowest BCUT2D eigenvalue weighted by Crippen LogP contribution is -2.14. The van der Waals surface area contributed by atoms with E-state index in [1.165, 1.54) is 34.5 Å². The first-order chi connectivity index (χ1) is 9.47. The summed E-state index contributed by atoms with van der Waals surface area (Å²) in [5, 5.41) is 7.49. The summed E-state index contributed by atoms with van der Waals surface area (Å²) in [7, 11) is 0.